The maximum atomic E-state index is 12.6. The lowest BCUT2D eigenvalue weighted by molar-refractivity contribution is -0.132. The van der Waals surface area contributed by atoms with Crippen molar-refractivity contribution in [2.45, 2.75) is 44.1 Å². The molecule has 0 bridgehead atoms. The lowest BCUT2D eigenvalue weighted by atomic mass is 10.0. The molecule has 1 amide bonds. The highest BCUT2D eigenvalue weighted by molar-refractivity contribution is 7.89. The molecule has 0 spiro atoms. The molecule has 1 saturated heterocycles. The minimum Gasteiger partial charge on any atom is -0.490 e. The second-order valence-electron chi connectivity index (χ2n) is 7.28. The number of hydrogen-bond acceptors (Lipinski definition) is 4. The Bertz CT molecular complexity index is 927. The molecule has 150 valence electrons. The molecule has 0 atom stereocenters. The van der Waals surface area contributed by atoms with Gasteiger partial charge >= 0.3 is 0 Å². The van der Waals surface area contributed by atoms with Gasteiger partial charge in [0.25, 0.3) is 0 Å². The van der Waals surface area contributed by atoms with E-state index >= 15 is 0 Å². The van der Waals surface area contributed by atoms with Crippen LogP contribution >= 0.6 is 0 Å². The van der Waals surface area contributed by atoms with Gasteiger partial charge in [0.15, 0.2) is 0 Å². The molecule has 0 aromatic heterocycles. The van der Waals surface area contributed by atoms with E-state index in [-0.39, 0.29) is 23.3 Å². The fourth-order valence-electron chi connectivity index (χ4n) is 3.46. The van der Waals surface area contributed by atoms with Crippen molar-refractivity contribution in [1.29, 1.82) is 0 Å². The van der Waals surface area contributed by atoms with E-state index in [9.17, 15) is 13.2 Å². The fraction of sp³-hybridized carbons (Fsp3) is 0.381. The Morgan fingerprint density at radius 3 is 2.18 bits per heavy atom. The number of nitrogens with zero attached hydrogens (tertiary/aromatic N) is 1. The highest BCUT2D eigenvalue weighted by Crippen LogP contribution is 2.26. The molecule has 1 aliphatic heterocycles. The normalized spacial score (nSPS) is 15.5. The summed E-state index contributed by atoms with van der Waals surface area (Å²) in [5.74, 6) is 0.983. The number of para-hydroxylation sites is 1. The average molecular weight is 403 g/mol. The number of nitrogens with two attached hydrogens (primary N) is 1. The SMILES string of the molecule is Cc1cccc(C)c1OC1CCN(C(=O)Cc2ccc(S(N)(=O)=O)cc2)CC1. The Hall–Kier alpha value is -2.38. The van der Waals surface area contributed by atoms with Crippen LogP contribution in [-0.4, -0.2) is 38.4 Å². The summed E-state index contributed by atoms with van der Waals surface area (Å²) in [6, 6.07) is 12.2. The minimum absolute atomic E-state index is 0.0360. The Balaban J connectivity index is 1.54. The van der Waals surface area contributed by atoms with E-state index in [0.29, 0.717) is 13.1 Å². The molecule has 1 fully saturated rings. The van der Waals surface area contributed by atoms with Crippen LogP contribution < -0.4 is 9.88 Å². The first-order valence-electron chi connectivity index (χ1n) is 9.36. The Morgan fingerprint density at radius 2 is 1.64 bits per heavy atom. The maximum Gasteiger partial charge on any atom is 0.238 e. The molecule has 2 aromatic rings. The van der Waals surface area contributed by atoms with Crippen LogP contribution in [0.2, 0.25) is 0 Å². The predicted molar refractivity (Wildman–Crippen MR) is 108 cm³/mol. The van der Waals surface area contributed by atoms with Gasteiger partial charge in [-0.05, 0) is 42.7 Å². The molecule has 6 nitrogen and oxygen atoms in total. The van der Waals surface area contributed by atoms with E-state index in [2.05, 4.69) is 0 Å². The molecule has 28 heavy (non-hydrogen) atoms. The van der Waals surface area contributed by atoms with Gasteiger partial charge < -0.3 is 9.64 Å². The molecule has 1 heterocycles. The zero-order valence-electron chi connectivity index (χ0n) is 16.2. The number of piperidine rings is 1. The summed E-state index contributed by atoms with van der Waals surface area (Å²) >= 11 is 0. The van der Waals surface area contributed by atoms with Crippen molar-refractivity contribution < 1.29 is 17.9 Å². The second kappa shape index (κ2) is 8.32. The molecule has 0 unspecified atom stereocenters. The first kappa shape index (κ1) is 20.4. The standard InChI is InChI=1S/C21H26N2O4S/c1-15-4-3-5-16(2)21(15)27-18-10-12-23(13-11-18)20(24)14-17-6-8-19(9-7-17)28(22,25)26/h3-9,18H,10-14H2,1-2H3,(H2,22,25,26). The van der Waals surface area contributed by atoms with Gasteiger partial charge in [0.05, 0.1) is 11.3 Å². The van der Waals surface area contributed by atoms with E-state index in [1.54, 1.807) is 12.1 Å². The van der Waals surface area contributed by atoms with Crippen LogP contribution in [0.4, 0.5) is 0 Å². The average Bonchev–Trinajstić information content (AvgIpc) is 2.65. The third kappa shape index (κ3) is 4.91. The van der Waals surface area contributed by atoms with E-state index in [1.165, 1.54) is 12.1 Å². The first-order chi connectivity index (χ1) is 13.2. The van der Waals surface area contributed by atoms with Crippen LogP contribution in [0.25, 0.3) is 0 Å². The molecular formula is C21H26N2O4S. The topological polar surface area (TPSA) is 89.7 Å². The molecule has 0 saturated carbocycles. The Labute approximate surface area is 166 Å². The molecule has 2 N–H and O–H groups in total. The van der Waals surface area contributed by atoms with E-state index in [0.717, 1.165) is 35.3 Å². The van der Waals surface area contributed by atoms with Gasteiger partial charge in [0, 0.05) is 25.9 Å². The summed E-state index contributed by atoms with van der Waals surface area (Å²) in [5, 5.41) is 5.10. The maximum absolute atomic E-state index is 12.6. The van der Waals surface area contributed by atoms with Crippen LogP contribution in [0.3, 0.4) is 0 Å². The molecule has 1 aliphatic rings. The summed E-state index contributed by atoms with van der Waals surface area (Å²) in [5.41, 5.74) is 3.02. The third-order valence-corrected chi connectivity index (χ3v) is 6.02. The quantitative estimate of drug-likeness (QED) is 0.832. The molecular weight excluding hydrogens is 376 g/mol. The number of ether oxygens (including phenoxy) is 1. The minimum atomic E-state index is -3.72. The van der Waals surface area contributed by atoms with E-state index in [4.69, 9.17) is 9.88 Å². The number of rotatable bonds is 5. The monoisotopic (exact) mass is 402 g/mol. The van der Waals surface area contributed by atoms with Crippen molar-refractivity contribution in [2.75, 3.05) is 13.1 Å². The summed E-state index contributed by atoms with van der Waals surface area (Å²) in [6.07, 6.45) is 1.94. The summed E-state index contributed by atoms with van der Waals surface area (Å²) in [4.78, 5) is 14.5. The lowest BCUT2D eigenvalue weighted by Crippen LogP contribution is -2.42. The van der Waals surface area contributed by atoms with E-state index < -0.39 is 10.0 Å². The number of amides is 1. The van der Waals surface area contributed by atoms with Gasteiger partial charge in [-0.25, -0.2) is 13.6 Å². The lowest BCUT2D eigenvalue weighted by Gasteiger charge is -2.33. The van der Waals surface area contributed by atoms with Gasteiger partial charge in [0.1, 0.15) is 11.9 Å². The number of hydrogen-bond donors (Lipinski definition) is 1. The largest absolute Gasteiger partial charge is 0.490 e. The molecule has 3 rings (SSSR count). The number of carbonyl (C=O) groups is 1. The molecule has 0 radical (unpaired) electrons. The van der Waals surface area contributed by atoms with Gasteiger partial charge in [0.2, 0.25) is 15.9 Å². The summed E-state index contributed by atoms with van der Waals surface area (Å²) in [6.45, 7) is 5.40. The third-order valence-electron chi connectivity index (χ3n) is 5.10. The van der Waals surface area contributed by atoms with Gasteiger partial charge in [-0.3, -0.25) is 4.79 Å². The van der Waals surface area contributed by atoms with Crippen molar-refractivity contribution in [2.24, 2.45) is 5.14 Å². The van der Waals surface area contributed by atoms with Crippen molar-refractivity contribution >= 4 is 15.9 Å². The van der Waals surface area contributed by atoms with Crippen LogP contribution in [0.1, 0.15) is 29.5 Å². The van der Waals surface area contributed by atoms with Crippen molar-refractivity contribution in [3.05, 3.63) is 59.2 Å². The first-order valence-corrected chi connectivity index (χ1v) is 10.9. The number of likely N-dealkylation sites (tertiary alicyclic amines) is 1. The summed E-state index contributed by atoms with van der Waals surface area (Å²) < 4.78 is 28.8. The van der Waals surface area contributed by atoms with Crippen molar-refractivity contribution in [3.8, 4) is 5.75 Å². The number of primary sulfonamides is 1. The number of carbonyl (C=O) groups excluding carboxylic acids is 1. The number of sulfonamides is 1. The molecule has 0 aliphatic carbocycles. The van der Waals surface area contributed by atoms with Gasteiger partial charge in [-0.15, -0.1) is 0 Å². The van der Waals surface area contributed by atoms with Crippen molar-refractivity contribution in [1.82, 2.24) is 4.90 Å². The number of benzene rings is 2. The van der Waals surface area contributed by atoms with Crippen molar-refractivity contribution in [3.63, 3.8) is 0 Å². The molecule has 2 aromatic carbocycles. The Morgan fingerprint density at radius 1 is 1.07 bits per heavy atom. The predicted octanol–water partition coefficient (Wildman–Crippen LogP) is 2.56. The highest BCUT2D eigenvalue weighted by atomic mass is 32.2. The number of aryl methyl sites for hydroxylation is 2. The summed E-state index contributed by atoms with van der Waals surface area (Å²) in [7, 11) is -3.72. The van der Waals surface area contributed by atoms with Crippen LogP contribution in [0, 0.1) is 13.8 Å². The zero-order chi connectivity index (χ0) is 20.3. The zero-order valence-corrected chi connectivity index (χ0v) is 17.0. The Kier molecular flexibility index (Phi) is 6.05. The smallest absolute Gasteiger partial charge is 0.238 e. The van der Waals surface area contributed by atoms with Gasteiger partial charge in [-0.1, -0.05) is 30.3 Å². The van der Waals surface area contributed by atoms with Crippen LogP contribution in [0.15, 0.2) is 47.4 Å². The van der Waals surface area contributed by atoms with E-state index in [1.807, 2.05) is 36.9 Å². The highest BCUT2D eigenvalue weighted by Gasteiger charge is 2.24. The fourth-order valence-corrected chi connectivity index (χ4v) is 3.97. The van der Waals surface area contributed by atoms with Crippen LogP contribution in [0.5, 0.6) is 5.75 Å². The second-order valence-corrected chi connectivity index (χ2v) is 8.85. The molecule has 7 heteroatoms. The van der Waals surface area contributed by atoms with Gasteiger partial charge in [-0.2, -0.15) is 0 Å². The van der Waals surface area contributed by atoms with Crippen LogP contribution in [-0.2, 0) is 21.2 Å².